The van der Waals surface area contributed by atoms with Crippen LogP contribution in [0.1, 0.15) is 40.9 Å². The molecule has 0 bridgehead atoms. The van der Waals surface area contributed by atoms with Crippen molar-refractivity contribution in [3.8, 4) is 0 Å². The normalized spacial score (nSPS) is 19.1. The second-order valence-corrected chi connectivity index (χ2v) is 13.8. The van der Waals surface area contributed by atoms with E-state index in [-0.39, 0.29) is 23.7 Å². The first kappa shape index (κ1) is 36.1. The molecule has 258 valence electrons. The predicted octanol–water partition coefficient (Wildman–Crippen LogP) is 6.80. The Bertz CT molecular complexity index is 1740. The van der Waals surface area contributed by atoms with Crippen molar-refractivity contribution in [2.45, 2.75) is 75.2 Å². The van der Waals surface area contributed by atoms with Gasteiger partial charge in [0.1, 0.15) is 31.0 Å². The first-order chi connectivity index (χ1) is 23.5. The molecule has 0 N–H and O–H groups in total. The zero-order valence-corrected chi connectivity index (χ0v) is 28.7. The van der Waals surface area contributed by atoms with Crippen molar-refractivity contribution in [2.75, 3.05) is 6.61 Å². The topological polar surface area (TPSA) is 107 Å². The van der Waals surface area contributed by atoms with Crippen LogP contribution in [0.5, 0.6) is 0 Å². The van der Waals surface area contributed by atoms with Crippen LogP contribution >= 0.6 is 0 Å². The first-order valence-corrected chi connectivity index (χ1v) is 17.5. The van der Waals surface area contributed by atoms with Gasteiger partial charge >= 0.3 is 5.97 Å². The molecule has 1 aliphatic heterocycles. The lowest BCUT2D eigenvalue weighted by Gasteiger charge is -2.34. The van der Waals surface area contributed by atoms with Gasteiger partial charge < -0.3 is 23.7 Å². The molecule has 4 aromatic rings. The van der Waals surface area contributed by atoms with Gasteiger partial charge in [0.05, 0.1) is 23.7 Å². The number of benzene rings is 4. The highest BCUT2D eigenvalue weighted by Gasteiger charge is 2.52. The van der Waals surface area contributed by atoms with Gasteiger partial charge in [-0.25, -0.2) is 4.79 Å². The maximum absolute atomic E-state index is 13.5. The van der Waals surface area contributed by atoms with E-state index in [1.54, 1.807) is 62.4 Å². The van der Waals surface area contributed by atoms with Gasteiger partial charge in [0, 0.05) is 0 Å². The van der Waals surface area contributed by atoms with E-state index in [4.69, 9.17) is 27.9 Å². The highest BCUT2D eigenvalue weighted by atomic mass is 32.2. The summed E-state index contributed by atoms with van der Waals surface area (Å²) in [5.41, 5.74) is 2.95. The summed E-state index contributed by atoms with van der Waals surface area (Å²) in [5, 5.41) is 0. The summed E-state index contributed by atoms with van der Waals surface area (Å²) in [6.45, 7) is 9.17. The summed E-state index contributed by atoms with van der Waals surface area (Å²) < 4.78 is 64.1. The molecular weight excluding hydrogens is 644 g/mol. The quantitative estimate of drug-likeness (QED) is 0.0715. The second-order valence-electron chi connectivity index (χ2n) is 12.2. The van der Waals surface area contributed by atoms with E-state index in [0.717, 1.165) is 16.7 Å². The molecule has 0 aromatic heterocycles. The fourth-order valence-corrected chi connectivity index (χ4v) is 6.39. The van der Waals surface area contributed by atoms with Gasteiger partial charge in [-0.15, -0.1) is 6.58 Å². The van der Waals surface area contributed by atoms with Crippen LogP contribution in [0, 0.1) is 6.92 Å². The molecule has 5 atom stereocenters. The van der Waals surface area contributed by atoms with Crippen molar-refractivity contribution >= 4 is 16.1 Å². The van der Waals surface area contributed by atoms with Crippen LogP contribution in [0.3, 0.4) is 0 Å². The van der Waals surface area contributed by atoms with Crippen molar-refractivity contribution in [3.05, 3.63) is 150 Å². The van der Waals surface area contributed by atoms with E-state index in [2.05, 4.69) is 6.58 Å². The summed E-state index contributed by atoms with van der Waals surface area (Å²) in [4.78, 5) is 13.5. The Labute approximate surface area is 288 Å². The molecule has 0 radical (unpaired) electrons. The smallest absolute Gasteiger partial charge is 0.338 e. The molecule has 0 saturated carbocycles. The van der Waals surface area contributed by atoms with Crippen molar-refractivity contribution in [1.29, 1.82) is 0 Å². The minimum atomic E-state index is -4.25. The number of carbonyl (C=O) groups is 1. The average molecular weight is 687 g/mol. The van der Waals surface area contributed by atoms with Gasteiger partial charge in [0.25, 0.3) is 10.1 Å². The molecule has 5 rings (SSSR count). The SMILES string of the molecule is C=C[C@@H](OCc1ccccc1)[C@H]1OC(C)(C)O[C@H]1[C@H](OCc1ccccc1)[C@@H](COS(=O)(=O)c1ccc(C)cc1)OC(=O)c1ccccc1. The van der Waals surface area contributed by atoms with E-state index in [9.17, 15) is 13.2 Å². The summed E-state index contributed by atoms with van der Waals surface area (Å²) >= 11 is 0. The van der Waals surface area contributed by atoms with Crippen LogP contribution in [0.4, 0.5) is 0 Å². The molecule has 1 heterocycles. The monoisotopic (exact) mass is 686 g/mol. The zero-order chi connectivity index (χ0) is 34.9. The molecule has 10 heteroatoms. The first-order valence-electron chi connectivity index (χ1n) is 16.1. The van der Waals surface area contributed by atoms with E-state index in [0.29, 0.717) is 0 Å². The Morgan fingerprint density at radius 3 is 1.90 bits per heavy atom. The third-order valence-corrected chi connectivity index (χ3v) is 9.24. The molecule has 49 heavy (non-hydrogen) atoms. The van der Waals surface area contributed by atoms with Crippen LogP contribution in [0.15, 0.2) is 133 Å². The van der Waals surface area contributed by atoms with Crippen molar-refractivity contribution in [1.82, 2.24) is 0 Å². The van der Waals surface area contributed by atoms with Crippen LogP contribution < -0.4 is 0 Å². The summed E-state index contributed by atoms with van der Waals surface area (Å²) in [5.74, 6) is -1.80. The molecule has 9 nitrogen and oxygen atoms in total. The Morgan fingerprint density at radius 1 is 0.796 bits per heavy atom. The van der Waals surface area contributed by atoms with Crippen LogP contribution in [-0.4, -0.2) is 57.3 Å². The molecule has 1 saturated heterocycles. The van der Waals surface area contributed by atoms with Crippen molar-refractivity contribution in [3.63, 3.8) is 0 Å². The summed E-state index contributed by atoms with van der Waals surface area (Å²) in [6, 6.07) is 33.8. The molecule has 0 amide bonds. The molecule has 0 aliphatic carbocycles. The maximum Gasteiger partial charge on any atom is 0.338 e. The Balaban J connectivity index is 1.50. The van der Waals surface area contributed by atoms with Gasteiger partial charge in [-0.05, 0) is 56.2 Å². The molecule has 1 fully saturated rings. The largest absolute Gasteiger partial charge is 0.453 e. The van der Waals surface area contributed by atoms with Gasteiger partial charge in [-0.1, -0.05) is 103 Å². The highest BCUT2D eigenvalue weighted by Crippen LogP contribution is 2.36. The highest BCUT2D eigenvalue weighted by molar-refractivity contribution is 7.86. The third-order valence-electron chi connectivity index (χ3n) is 7.95. The van der Waals surface area contributed by atoms with Crippen LogP contribution in [-0.2, 0) is 51.2 Å². The van der Waals surface area contributed by atoms with E-state index >= 15 is 0 Å². The van der Waals surface area contributed by atoms with Crippen LogP contribution in [0.2, 0.25) is 0 Å². The van der Waals surface area contributed by atoms with Crippen molar-refractivity contribution < 1.29 is 41.1 Å². The predicted molar refractivity (Wildman–Crippen MR) is 184 cm³/mol. The van der Waals surface area contributed by atoms with Crippen LogP contribution in [0.25, 0.3) is 0 Å². The maximum atomic E-state index is 13.5. The zero-order valence-electron chi connectivity index (χ0n) is 27.8. The summed E-state index contributed by atoms with van der Waals surface area (Å²) in [6.07, 6.45) is -3.13. The Kier molecular flexibility index (Phi) is 12.2. The molecule has 0 unspecified atom stereocenters. The molecule has 1 aliphatic rings. The number of esters is 1. The molecule has 0 spiro atoms. The summed E-state index contributed by atoms with van der Waals surface area (Å²) in [7, 11) is -4.25. The number of ether oxygens (including phenoxy) is 5. The minimum Gasteiger partial charge on any atom is -0.453 e. The number of carbonyl (C=O) groups excluding carboxylic acids is 1. The molecule has 4 aromatic carbocycles. The lowest BCUT2D eigenvalue weighted by atomic mass is 9.98. The van der Waals surface area contributed by atoms with Gasteiger partial charge in [-0.3, -0.25) is 4.18 Å². The fraction of sp³-hybridized carbons (Fsp3) is 0.308. The lowest BCUT2D eigenvalue weighted by molar-refractivity contribution is -0.175. The number of hydrogen-bond donors (Lipinski definition) is 0. The van der Waals surface area contributed by atoms with E-state index < -0.39 is 59.0 Å². The molecular formula is C39H42O9S. The number of rotatable bonds is 16. The number of hydrogen-bond acceptors (Lipinski definition) is 9. The van der Waals surface area contributed by atoms with E-state index in [1.807, 2.05) is 67.6 Å². The van der Waals surface area contributed by atoms with E-state index in [1.165, 1.54) is 12.1 Å². The third kappa shape index (κ3) is 9.95. The van der Waals surface area contributed by atoms with Gasteiger partial charge in [0.15, 0.2) is 11.9 Å². The Morgan fingerprint density at radius 2 is 1.33 bits per heavy atom. The average Bonchev–Trinajstić information content (AvgIpc) is 3.43. The van der Waals surface area contributed by atoms with Crippen molar-refractivity contribution in [2.24, 2.45) is 0 Å². The fourth-order valence-electron chi connectivity index (χ4n) is 5.47. The lowest BCUT2D eigenvalue weighted by Crippen LogP contribution is -2.51. The van der Waals surface area contributed by atoms with Gasteiger partial charge in [-0.2, -0.15) is 8.42 Å². The Hall–Kier alpha value is -4.16. The second kappa shape index (κ2) is 16.5. The van der Waals surface area contributed by atoms with Gasteiger partial charge in [0.2, 0.25) is 0 Å². The standard InChI is InChI=1S/C39H42O9S/c1-5-33(43-25-29-15-9-6-10-16-29)36-37(48-39(3,4)47-36)35(44-26-30-17-11-7-12-18-30)34(46-38(40)31-19-13-8-14-20-31)27-45-49(41,42)32-23-21-28(2)22-24-32/h5-24,33-37H,1,25-27H2,2-4H3/t33-,34-,35-,36-,37+/m1/s1. The number of aryl methyl sites for hydroxylation is 1. The minimum absolute atomic E-state index is 0.0338.